The Morgan fingerprint density at radius 1 is 0.895 bits per heavy atom. The smallest absolute Gasteiger partial charge is 0.228 e. The van der Waals surface area contributed by atoms with E-state index >= 15 is 0 Å². The van der Waals surface area contributed by atoms with Crippen LogP contribution < -0.4 is 0 Å². The van der Waals surface area contributed by atoms with Gasteiger partial charge < -0.3 is 4.90 Å². The lowest BCUT2D eigenvalue weighted by Crippen LogP contribution is -2.53. The van der Waals surface area contributed by atoms with Gasteiger partial charge in [0, 0.05) is 18.5 Å². The molecule has 0 unspecified atom stereocenters. The fraction of sp³-hybridized carbons (Fsp3) is 0.941. The van der Waals surface area contributed by atoms with Crippen molar-refractivity contribution in [2.45, 2.75) is 71.6 Å². The highest BCUT2D eigenvalue weighted by atomic mass is 16.2. The molecule has 19 heavy (non-hydrogen) atoms. The number of hydrogen-bond donors (Lipinski definition) is 0. The fourth-order valence-electron chi connectivity index (χ4n) is 4.83. The summed E-state index contributed by atoms with van der Waals surface area (Å²) in [5.41, 5.74) is 0.623. The summed E-state index contributed by atoms with van der Waals surface area (Å²) in [7, 11) is 0. The second-order valence-electron chi connectivity index (χ2n) is 7.65. The van der Waals surface area contributed by atoms with Crippen molar-refractivity contribution >= 4 is 5.91 Å². The first-order valence-electron chi connectivity index (χ1n) is 8.37. The van der Waals surface area contributed by atoms with Crippen LogP contribution in [0.2, 0.25) is 0 Å². The van der Waals surface area contributed by atoms with E-state index < -0.39 is 0 Å². The topological polar surface area (TPSA) is 20.3 Å². The van der Waals surface area contributed by atoms with E-state index in [0.717, 1.165) is 19.0 Å². The van der Waals surface area contributed by atoms with Gasteiger partial charge in [0.2, 0.25) is 5.91 Å². The summed E-state index contributed by atoms with van der Waals surface area (Å²) in [4.78, 5) is 15.1. The highest BCUT2D eigenvalue weighted by Gasteiger charge is 2.54. The van der Waals surface area contributed by atoms with Crippen molar-refractivity contribution in [2.75, 3.05) is 13.1 Å². The molecule has 0 N–H and O–H groups in total. The molecule has 0 aromatic carbocycles. The molecular formula is C17H29NO. The molecule has 0 atom stereocenters. The average molecular weight is 263 g/mol. The molecule has 3 aliphatic carbocycles. The Balaban J connectivity index is 1.71. The molecular weight excluding hydrogens is 234 g/mol. The Morgan fingerprint density at radius 3 is 1.89 bits per heavy atom. The van der Waals surface area contributed by atoms with Crippen LogP contribution in [0.3, 0.4) is 0 Å². The van der Waals surface area contributed by atoms with Crippen molar-refractivity contribution in [3.05, 3.63) is 0 Å². The molecule has 4 rings (SSSR count). The molecule has 3 saturated carbocycles. The lowest BCUT2D eigenvalue weighted by Gasteiger charge is -2.55. The summed E-state index contributed by atoms with van der Waals surface area (Å²) in [6, 6.07) is 0. The number of carbonyl (C=O) groups excluding carboxylic acids is 1. The molecule has 4 aliphatic rings. The lowest BCUT2D eigenvalue weighted by molar-refractivity contribution is -0.154. The van der Waals surface area contributed by atoms with Crippen molar-refractivity contribution in [3.63, 3.8) is 0 Å². The number of nitrogens with zero attached hydrogens (tertiary/aromatic N) is 1. The van der Waals surface area contributed by atoms with Gasteiger partial charge >= 0.3 is 0 Å². The normalized spacial score (nSPS) is 38.8. The Morgan fingerprint density at radius 2 is 1.42 bits per heavy atom. The highest BCUT2D eigenvalue weighted by Crippen LogP contribution is 2.60. The van der Waals surface area contributed by atoms with Crippen LogP contribution in [0.25, 0.3) is 0 Å². The molecule has 1 amide bonds. The minimum atomic E-state index is 0.0496. The van der Waals surface area contributed by atoms with Gasteiger partial charge in [0.25, 0.3) is 0 Å². The number of carbonyl (C=O) groups is 1. The van der Waals surface area contributed by atoms with Crippen LogP contribution in [0.5, 0.6) is 0 Å². The number of amides is 1. The molecule has 1 heterocycles. The molecule has 2 bridgehead atoms. The molecule has 0 aromatic heterocycles. The first-order chi connectivity index (χ1) is 9.08. The lowest BCUT2D eigenvalue weighted by atomic mass is 9.50. The second kappa shape index (κ2) is 4.79. The van der Waals surface area contributed by atoms with Crippen LogP contribution in [0.1, 0.15) is 71.6 Å². The molecule has 1 aliphatic heterocycles. The maximum absolute atomic E-state index is 12.9. The Hall–Kier alpha value is -0.530. The average Bonchev–Trinajstić information content (AvgIpc) is 2.49. The second-order valence-corrected chi connectivity index (χ2v) is 7.65. The van der Waals surface area contributed by atoms with Crippen molar-refractivity contribution in [2.24, 2.45) is 16.7 Å². The zero-order valence-electron chi connectivity index (χ0n) is 12.7. The Kier molecular flexibility index (Phi) is 3.39. The van der Waals surface area contributed by atoms with Gasteiger partial charge in [0.15, 0.2) is 0 Å². The van der Waals surface area contributed by atoms with Gasteiger partial charge in [0.1, 0.15) is 0 Å². The third kappa shape index (κ3) is 2.11. The van der Waals surface area contributed by atoms with E-state index in [0.29, 0.717) is 11.3 Å². The maximum Gasteiger partial charge on any atom is 0.228 e. The molecule has 0 aromatic rings. The van der Waals surface area contributed by atoms with Crippen LogP contribution in [-0.2, 0) is 4.79 Å². The first kappa shape index (κ1) is 13.5. The quantitative estimate of drug-likeness (QED) is 0.737. The highest BCUT2D eigenvalue weighted by molar-refractivity contribution is 5.83. The molecule has 4 fully saturated rings. The van der Waals surface area contributed by atoms with E-state index in [1.807, 2.05) is 0 Å². The number of hydrogen-bond acceptors (Lipinski definition) is 1. The predicted molar refractivity (Wildman–Crippen MR) is 77.8 cm³/mol. The van der Waals surface area contributed by atoms with Crippen molar-refractivity contribution < 1.29 is 4.79 Å². The van der Waals surface area contributed by atoms with E-state index in [2.05, 4.69) is 18.7 Å². The minimum absolute atomic E-state index is 0.0496. The SMILES string of the molecule is CC(C)C12CCC(C(=O)N3CCCCC3)(CC1)CC2. The van der Waals surface area contributed by atoms with Crippen LogP contribution in [0, 0.1) is 16.7 Å². The summed E-state index contributed by atoms with van der Waals surface area (Å²) in [5.74, 6) is 1.31. The van der Waals surface area contributed by atoms with Gasteiger partial charge in [-0.2, -0.15) is 0 Å². The fourth-order valence-corrected chi connectivity index (χ4v) is 4.83. The summed E-state index contributed by atoms with van der Waals surface area (Å²) in [6.07, 6.45) is 11.1. The van der Waals surface area contributed by atoms with E-state index in [1.54, 1.807) is 0 Å². The van der Waals surface area contributed by atoms with E-state index in [4.69, 9.17) is 0 Å². The third-order valence-electron chi connectivity index (χ3n) is 6.63. The van der Waals surface area contributed by atoms with Gasteiger partial charge in [-0.05, 0) is 69.1 Å². The van der Waals surface area contributed by atoms with Crippen LogP contribution in [0.4, 0.5) is 0 Å². The molecule has 1 saturated heterocycles. The standard InChI is InChI=1S/C17H29NO/c1-14(2)16-6-9-17(10-7-16,11-8-16)15(19)18-12-4-3-5-13-18/h14H,3-13H2,1-2H3. The van der Waals surface area contributed by atoms with E-state index in [1.165, 1.54) is 57.8 Å². The first-order valence-corrected chi connectivity index (χ1v) is 8.37. The Labute approximate surface area is 117 Å². The Bertz CT molecular complexity index is 330. The molecule has 2 heteroatoms. The number of fused-ring (bicyclic) bond motifs is 3. The van der Waals surface area contributed by atoms with E-state index in [9.17, 15) is 4.79 Å². The summed E-state index contributed by atoms with van der Waals surface area (Å²) in [6.45, 7) is 6.81. The van der Waals surface area contributed by atoms with Crippen LogP contribution in [0.15, 0.2) is 0 Å². The van der Waals surface area contributed by atoms with Crippen molar-refractivity contribution in [3.8, 4) is 0 Å². The van der Waals surface area contributed by atoms with E-state index in [-0.39, 0.29) is 5.41 Å². The largest absolute Gasteiger partial charge is 0.342 e. The molecule has 108 valence electrons. The predicted octanol–water partition coefficient (Wildman–Crippen LogP) is 4.00. The van der Waals surface area contributed by atoms with Gasteiger partial charge in [-0.1, -0.05) is 13.8 Å². The zero-order chi connectivity index (χ0) is 13.5. The van der Waals surface area contributed by atoms with Crippen LogP contribution in [-0.4, -0.2) is 23.9 Å². The monoisotopic (exact) mass is 263 g/mol. The van der Waals surface area contributed by atoms with Gasteiger partial charge in [-0.25, -0.2) is 0 Å². The maximum atomic E-state index is 12.9. The van der Waals surface area contributed by atoms with Gasteiger partial charge in [-0.15, -0.1) is 0 Å². The van der Waals surface area contributed by atoms with Gasteiger partial charge in [0.05, 0.1) is 0 Å². The molecule has 0 radical (unpaired) electrons. The van der Waals surface area contributed by atoms with Crippen molar-refractivity contribution in [1.82, 2.24) is 4.90 Å². The number of likely N-dealkylation sites (tertiary alicyclic amines) is 1. The number of rotatable bonds is 2. The molecule has 2 nitrogen and oxygen atoms in total. The molecule has 0 spiro atoms. The zero-order valence-corrected chi connectivity index (χ0v) is 12.7. The third-order valence-corrected chi connectivity index (χ3v) is 6.63. The number of piperidine rings is 1. The summed E-state index contributed by atoms with van der Waals surface area (Å²) >= 11 is 0. The minimum Gasteiger partial charge on any atom is -0.342 e. The van der Waals surface area contributed by atoms with Gasteiger partial charge in [-0.3, -0.25) is 4.79 Å². The summed E-state index contributed by atoms with van der Waals surface area (Å²) < 4.78 is 0. The van der Waals surface area contributed by atoms with Crippen molar-refractivity contribution in [1.29, 1.82) is 0 Å². The van der Waals surface area contributed by atoms with Crippen LogP contribution >= 0.6 is 0 Å². The summed E-state index contributed by atoms with van der Waals surface area (Å²) in [5, 5.41) is 0.